The molecule has 9 heteroatoms. The predicted molar refractivity (Wildman–Crippen MR) is 219 cm³/mol. The summed E-state index contributed by atoms with van der Waals surface area (Å²) in [6.07, 6.45) is 6.79. The molecule has 3 aliphatic heterocycles. The van der Waals surface area contributed by atoms with Crippen molar-refractivity contribution >= 4 is 40.8 Å². The van der Waals surface area contributed by atoms with Crippen molar-refractivity contribution in [3.05, 3.63) is 127 Å². The summed E-state index contributed by atoms with van der Waals surface area (Å²) >= 11 is 0. The van der Waals surface area contributed by atoms with E-state index in [4.69, 9.17) is 14.2 Å². The molecule has 1 N–H and O–H groups in total. The Morgan fingerprint density at radius 2 is 1.47 bits per heavy atom. The maximum absolute atomic E-state index is 14.3. The zero-order valence-corrected chi connectivity index (χ0v) is 33.2. The van der Waals surface area contributed by atoms with Gasteiger partial charge in [0.05, 0.1) is 26.4 Å². The van der Waals surface area contributed by atoms with Crippen LogP contribution < -0.4 is 25.6 Å². The first-order chi connectivity index (χ1) is 26.7. The summed E-state index contributed by atoms with van der Waals surface area (Å²) in [7, 11) is 2.80. The van der Waals surface area contributed by atoms with Crippen LogP contribution in [0.3, 0.4) is 0 Å². The number of nitrogens with zero attached hydrogens (tertiary/aromatic N) is 2. The number of anilines is 1. The molecule has 8 rings (SSSR count). The first-order valence-electron chi connectivity index (χ1n) is 19.6. The maximum atomic E-state index is 14.3. The minimum Gasteiger partial charge on any atom is -0.497 e. The number of methoxy groups -OCH3 is 2. The van der Waals surface area contributed by atoms with Gasteiger partial charge in [-0.2, -0.15) is 0 Å². The number of fused-ring (bicyclic) bond motifs is 1. The molecule has 0 aromatic heterocycles. The second-order valence-electron chi connectivity index (χ2n) is 15.6. The molecule has 55 heavy (non-hydrogen) atoms. The molecule has 286 valence electrons. The molecule has 4 aromatic rings. The Morgan fingerprint density at radius 1 is 0.855 bits per heavy atom. The van der Waals surface area contributed by atoms with Crippen molar-refractivity contribution in [2.75, 3.05) is 45.4 Å². The van der Waals surface area contributed by atoms with E-state index in [1.807, 2.05) is 24.1 Å². The highest BCUT2D eigenvalue weighted by molar-refractivity contribution is 7.95. The van der Waals surface area contributed by atoms with Crippen LogP contribution in [0.5, 0.6) is 5.75 Å². The first kappa shape index (κ1) is 37.4. The number of hydrogen-bond acceptors (Lipinski definition) is 8. The number of rotatable bonds is 12. The lowest BCUT2D eigenvalue weighted by Crippen LogP contribution is -2.81. The highest BCUT2D eigenvalue weighted by Gasteiger charge is 2.80. The van der Waals surface area contributed by atoms with Crippen LogP contribution in [0.4, 0.5) is 5.69 Å². The monoisotopic (exact) mass is 759 g/mol. The Labute approximate surface area is 325 Å². The highest BCUT2D eigenvalue weighted by Crippen LogP contribution is 2.67. The van der Waals surface area contributed by atoms with Crippen molar-refractivity contribution in [1.82, 2.24) is 4.90 Å². The summed E-state index contributed by atoms with van der Waals surface area (Å²) in [6, 6.07) is 37.5. The third-order valence-electron chi connectivity index (χ3n) is 13.3. The summed E-state index contributed by atoms with van der Waals surface area (Å²) in [6.45, 7) is 3.62. The Kier molecular flexibility index (Phi) is 9.90. The van der Waals surface area contributed by atoms with Gasteiger partial charge in [-0.3, -0.25) is 9.69 Å². The standard InChI is InChI=1S/C46H52N2O6P/c1-5-44-27-17-29-48-30-28-45(40(44)48)37-26-25-33(52-3)32-38(37)47(2)41(45)46(51,43(50)53-4)42(44)54-39(49)24-15-16-31-55(34-18-9-6-10-19-34,35-20-11-7-12-21-35)36-22-13-8-14-23-36/h6-14,17-23,25-27,32,40-42,51H,5,15-16,24,28-31H2,1-4H3/q+1/t40-,41+,42+,44+,45+,46-/m0/s1. The molecule has 0 bridgehead atoms. The smallest absolute Gasteiger partial charge is 0.344 e. The fraction of sp³-hybridized carbons (Fsp3) is 0.391. The molecule has 1 spiro atoms. The molecular formula is C46H52N2O6P+. The largest absolute Gasteiger partial charge is 0.497 e. The number of hydrogen-bond donors (Lipinski definition) is 1. The van der Waals surface area contributed by atoms with E-state index < -0.39 is 47.8 Å². The molecule has 3 heterocycles. The molecule has 0 amide bonds. The van der Waals surface area contributed by atoms with E-state index in [0.29, 0.717) is 18.6 Å². The SMILES string of the molecule is CC[C@]12C=CCN3CC[C@@]4(c5ccc(OC)cc5N(C)[C@H]4[C@@](O)(C(=O)OC)[C@@H]1OC(=O)CCCC[P+](c1ccccc1)(c1ccccc1)c1ccccc1)[C@@H]32. The van der Waals surface area contributed by atoms with Gasteiger partial charge >= 0.3 is 11.9 Å². The van der Waals surface area contributed by atoms with Gasteiger partial charge in [0.1, 0.15) is 28.9 Å². The van der Waals surface area contributed by atoms with Crippen molar-refractivity contribution in [3.63, 3.8) is 0 Å². The molecule has 1 saturated carbocycles. The number of ether oxygens (including phenoxy) is 3. The molecule has 8 nitrogen and oxygen atoms in total. The summed E-state index contributed by atoms with van der Waals surface area (Å²) in [5.74, 6) is -0.504. The van der Waals surface area contributed by atoms with Crippen molar-refractivity contribution in [2.45, 2.75) is 68.2 Å². The normalized spacial score (nSPS) is 27.9. The van der Waals surface area contributed by atoms with Gasteiger partial charge in [-0.05, 0) is 80.3 Å². The zero-order chi connectivity index (χ0) is 38.4. The first-order valence-corrected chi connectivity index (χ1v) is 21.6. The van der Waals surface area contributed by atoms with Gasteiger partial charge in [0.2, 0.25) is 5.60 Å². The number of carbonyl (C=O) groups excluding carboxylic acids is 2. The molecular weight excluding hydrogens is 707 g/mol. The van der Waals surface area contributed by atoms with Gasteiger partial charge in [-0.1, -0.05) is 79.7 Å². The van der Waals surface area contributed by atoms with Crippen LogP contribution >= 0.6 is 7.26 Å². The minimum atomic E-state index is -2.16. The van der Waals surface area contributed by atoms with Crippen LogP contribution in [0.1, 0.15) is 44.6 Å². The molecule has 2 fully saturated rings. The van der Waals surface area contributed by atoms with Crippen LogP contribution in [0.15, 0.2) is 121 Å². The predicted octanol–water partition coefficient (Wildman–Crippen LogP) is 5.79. The molecule has 4 aliphatic rings. The number of benzene rings is 4. The van der Waals surface area contributed by atoms with Crippen molar-refractivity contribution < 1.29 is 28.9 Å². The third-order valence-corrected chi connectivity index (χ3v) is 17.8. The fourth-order valence-electron chi connectivity index (χ4n) is 11.2. The second kappa shape index (κ2) is 14.5. The average Bonchev–Trinajstić information content (AvgIpc) is 3.75. The van der Waals surface area contributed by atoms with E-state index in [1.165, 1.54) is 23.0 Å². The van der Waals surface area contributed by atoms with Gasteiger partial charge in [0, 0.05) is 48.6 Å². The Balaban J connectivity index is 1.12. The van der Waals surface area contributed by atoms with Crippen LogP contribution in [0.2, 0.25) is 0 Å². The molecule has 1 saturated heterocycles. The maximum Gasteiger partial charge on any atom is 0.344 e. The topological polar surface area (TPSA) is 88.5 Å². The minimum absolute atomic E-state index is 0.118. The fourth-order valence-corrected chi connectivity index (χ4v) is 15.6. The lowest BCUT2D eigenvalue weighted by atomic mass is 9.47. The van der Waals surface area contributed by atoms with Crippen molar-refractivity contribution in [3.8, 4) is 5.75 Å². The zero-order valence-electron chi connectivity index (χ0n) is 32.3. The Morgan fingerprint density at radius 3 is 2.04 bits per heavy atom. The van der Waals surface area contributed by atoms with Gasteiger partial charge in [-0.25, -0.2) is 4.79 Å². The third kappa shape index (κ3) is 5.50. The Hall–Kier alpha value is -4.49. The van der Waals surface area contributed by atoms with Crippen LogP contribution in [0.25, 0.3) is 0 Å². The van der Waals surface area contributed by atoms with Gasteiger partial charge in [-0.15, -0.1) is 0 Å². The van der Waals surface area contributed by atoms with E-state index in [9.17, 15) is 14.7 Å². The molecule has 1 aliphatic carbocycles. The second-order valence-corrected chi connectivity index (χ2v) is 19.3. The van der Waals surface area contributed by atoms with Gasteiger partial charge in [0.15, 0.2) is 6.10 Å². The number of likely N-dealkylation sites (N-methyl/N-ethyl adjacent to an activating group) is 1. The molecule has 4 aromatic carbocycles. The number of carbonyl (C=O) groups is 2. The van der Waals surface area contributed by atoms with Gasteiger partial charge < -0.3 is 24.2 Å². The quantitative estimate of drug-likeness (QED) is 0.0842. The van der Waals surface area contributed by atoms with E-state index >= 15 is 0 Å². The summed E-state index contributed by atoms with van der Waals surface area (Å²) in [4.78, 5) is 33.0. The molecule has 0 unspecified atom stereocenters. The van der Waals surface area contributed by atoms with Crippen molar-refractivity contribution in [2.24, 2.45) is 5.41 Å². The van der Waals surface area contributed by atoms with E-state index in [1.54, 1.807) is 7.11 Å². The Bertz CT molecular complexity index is 1970. The van der Waals surface area contributed by atoms with Crippen LogP contribution in [-0.2, 0) is 24.5 Å². The summed E-state index contributed by atoms with van der Waals surface area (Å²) < 4.78 is 17.7. The van der Waals surface area contributed by atoms with Crippen LogP contribution in [-0.4, -0.2) is 86.3 Å². The average molecular weight is 760 g/mol. The van der Waals surface area contributed by atoms with Gasteiger partial charge in [0.25, 0.3) is 0 Å². The van der Waals surface area contributed by atoms with E-state index in [2.05, 4.69) is 121 Å². The van der Waals surface area contributed by atoms with E-state index in [-0.39, 0.29) is 12.5 Å². The summed E-state index contributed by atoms with van der Waals surface area (Å²) in [5.41, 5.74) is -1.65. The molecule has 0 radical (unpaired) electrons. The van der Waals surface area contributed by atoms with Crippen molar-refractivity contribution in [1.29, 1.82) is 0 Å². The number of unbranched alkanes of at least 4 members (excludes halogenated alkanes) is 1. The number of aliphatic hydroxyl groups is 1. The highest BCUT2D eigenvalue weighted by atomic mass is 31.2. The molecule has 6 atom stereocenters. The summed E-state index contributed by atoms with van der Waals surface area (Å²) in [5, 5.41) is 17.1. The lowest BCUT2D eigenvalue weighted by Gasteiger charge is -2.63. The number of esters is 2. The lowest BCUT2D eigenvalue weighted by molar-refractivity contribution is -0.229. The van der Waals surface area contributed by atoms with E-state index in [0.717, 1.165) is 43.3 Å². The van der Waals surface area contributed by atoms with Crippen LogP contribution in [0, 0.1) is 5.41 Å².